The van der Waals surface area contributed by atoms with E-state index in [9.17, 15) is 4.79 Å². The smallest absolute Gasteiger partial charge is 0.322 e. The highest BCUT2D eigenvalue weighted by molar-refractivity contribution is 5.92. The molecule has 1 N–H and O–H groups in total. The maximum atomic E-state index is 13.0. The molecule has 190 valence electrons. The summed E-state index contributed by atoms with van der Waals surface area (Å²) < 4.78 is 11.4. The lowest BCUT2D eigenvalue weighted by atomic mass is 10.0. The van der Waals surface area contributed by atoms with Crippen LogP contribution in [-0.2, 0) is 12.8 Å². The molecule has 37 heavy (non-hydrogen) atoms. The molecule has 1 saturated heterocycles. The van der Waals surface area contributed by atoms with Crippen molar-refractivity contribution >= 4 is 28.9 Å². The zero-order valence-electron chi connectivity index (χ0n) is 21.1. The number of carbonyl (C=O) groups is 1. The van der Waals surface area contributed by atoms with E-state index in [0.717, 1.165) is 73.0 Å². The second-order valence-electron chi connectivity index (χ2n) is 9.75. The minimum absolute atomic E-state index is 0.0334. The Kier molecular flexibility index (Phi) is 6.12. The number of benzene rings is 2. The molecule has 0 unspecified atom stereocenters. The third-order valence-corrected chi connectivity index (χ3v) is 7.33. The average molecular weight is 499 g/mol. The third-order valence-electron chi connectivity index (χ3n) is 7.33. The molecular weight excluding hydrogens is 468 g/mol. The van der Waals surface area contributed by atoms with Crippen LogP contribution in [0.2, 0.25) is 0 Å². The highest BCUT2D eigenvalue weighted by Crippen LogP contribution is 2.33. The highest BCUT2D eigenvalue weighted by atomic mass is 16.5. The van der Waals surface area contributed by atoms with Gasteiger partial charge in [-0.25, -0.2) is 14.8 Å². The minimum Gasteiger partial charge on any atom is -0.497 e. The third kappa shape index (κ3) is 4.81. The fourth-order valence-electron chi connectivity index (χ4n) is 5.37. The summed E-state index contributed by atoms with van der Waals surface area (Å²) in [4.78, 5) is 30.6. The van der Waals surface area contributed by atoms with Gasteiger partial charge in [0.25, 0.3) is 0 Å². The molecule has 0 aliphatic carbocycles. The number of aromatic nitrogens is 2. The van der Waals surface area contributed by atoms with Gasteiger partial charge in [0.05, 0.1) is 12.8 Å². The predicted molar refractivity (Wildman–Crippen MR) is 143 cm³/mol. The van der Waals surface area contributed by atoms with Crippen molar-refractivity contribution in [2.45, 2.75) is 38.6 Å². The van der Waals surface area contributed by atoms with Crippen molar-refractivity contribution in [1.29, 1.82) is 0 Å². The molecular formula is C28H30N6O3. The number of hydrogen-bond acceptors (Lipinski definition) is 7. The maximum absolute atomic E-state index is 13.0. The summed E-state index contributed by atoms with van der Waals surface area (Å²) in [6.45, 7) is 4.33. The number of nitrogens with zero attached hydrogens (tertiary/aromatic N) is 5. The maximum Gasteiger partial charge on any atom is 0.322 e. The summed E-state index contributed by atoms with van der Waals surface area (Å²) in [5.41, 5.74) is 5.27. The van der Waals surface area contributed by atoms with E-state index in [0.29, 0.717) is 18.2 Å². The van der Waals surface area contributed by atoms with Crippen molar-refractivity contribution < 1.29 is 14.3 Å². The Morgan fingerprint density at radius 3 is 2.65 bits per heavy atom. The molecule has 1 aromatic heterocycles. The monoisotopic (exact) mass is 498 g/mol. The number of ether oxygens (including phenoxy) is 2. The van der Waals surface area contributed by atoms with E-state index < -0.39 is 0 Å². The Bertz CT molecular complexity index is 1370. The summed E-state index contributed by atoms with van der Waals surface area (Å²) in [6, 6.07) is 13.8. The number of fused-ring (bicyclic) bond motifs is 2. The SMILES string of the molecule is COc1ccc2c(c1)CCN(C1CCN(c3cc(Oc4ccc5c(c4)N=C(C)C5)ncn3)CC1)C(=O)N2. The molecule has 9 heteroatoms. The largest absolute Gasteiger partial charge is 0.497 e. The van der Waals surface area contributed by atoms with Gasteiger partial charge in [0, 0.05) is 55.6 Å². The molecule has 3 aliphatic heterocycles. The number of rotatable bonds is 5. The molecule has 3 aliphatic rings. The number of piperidine rings is 1. The molecule has 3 aromatic rings. The lowest BCUT2D eigenvalue weighted by molar-refractivity contribution is 0.177. The van der Waals surface area contributed by atoms with Crippen LogP contribution < -0.4 is 19.7 Å². The fourth-order valence-corrected chi connectivity index (χ4v) is 5.37. The minimum atomic E-state index is -0.0334. The first-order valence-corrected chi connectivity index (χ1v) is 12.7. The summed E-state index contributed by atoms with van der Waals surface area (Å²) in [7, 11) is 1.66. The number of methoxy groups -OCH3 is 1. The van der Waals surface area contributed by atoms with E-state index >= 15 is 0 Å². The van der Waals surface area contributed by atoms with Gasteiger partial charge in [-0.3, -0.25) is 4.99 Å². The molecule has 1 fully saturated rings. The van der Waals surface area contributed by atoms with E-state index in [-0.39, 0.29) is 12.1 Å². The Hall–Kier alpha value is -4.14. The fraction of sp³-hybridized carbons (Fsp3) is 0.357. The van der Waals surface area contributed by atoms with Gasteiger partial charge in [-0.1, -0.05) is 6.07 Å². The number of amides is 2. The van der Waals surface area contributed by atoms with Gasteiger partial charge < -0.3 is 24.6 Å². The summed E-state index contributed by atoms with van der Waals surface area (Å²) in [5.74, 6) is 2.86. The molecule has 4 heterocycles. The van der Waals surface area contributed by atoms with E-state index in [4.69, 9.17) is 9.47 Å². The van der Waals surface area contributed by atoms with Crippen molar-refractivity contribution in [2.24, 2.45) is 4.99 Å². The second-order valence-corrected chi connectivity index (χ2v) is 9.75. The second kappa shape index (κ2) is 9.72. The van der Waals surface area contributed by atoms with Crippen LogP contribution in [0.25, 0.3) is 0 Å². The first-order valence-electron chi connectivity index (χ1n) is 12.7. The van der Waals surface area contributed by atoms with Crippen molar-refractivity contribution in [3.05, 3.63) is 59.9 Å². The molecule has 2 aromatic carbocycles. The van der Waals surface area contributed by atoms with Crippen LogP contribution in [0.4, 0.5) is 22.0 Å². The molecule has 0 saturated carbocycles. The van der Waals surface area contributed by atoms with Gasteiger partial charge in [0.1, 0.15) is 23.6 Å². The van der Waals surface area contributed by atoms with Gasteiger partial charge in [-0.2, -0.15) is 0 Å². The lowest BCUT2D eigenvalue weighted by Gasteiger charge is -2.38. The van der Waals surface area contributed by atoms with Crippen molar-refractivity contribution in [3.8, 4) is 17.4 Å². The van der Waals surface area contributed by atoms with Crippen LogP contribution in [-0.4, -0.2) is 59.4 Å². The van der Waals surface area contributed by atoms with Crippen molar-refractivity contribution in [1.82, 2.24) is 14.9 Å². The number of nitrogens with one attached hydrogen (secondary N) is 1. The molecule has 0 bridgehead atoms. The molecule has 0 atom stereocenters. The molecule has 6 rings (SSSR count). The van der Waals surface area contributed by atoms with Gasteiger partial charge in [-0.15, -0.1) is 0 Å². The van der Waals surface area contributed by atoms with Gasteiger partial charge >= 0.3 is 6.03 Å². The average Bonchev–Trinajstić information content (AvgIpc) is 3.20. The van der Waals surface area contributed by atoms with Crippen LogP contribution in [0, 0.1) is 0 Å². The van der Waals surface area contributed by atoms with Gasteiger partial charge in [0.2, 0.25) is 5.88 Å². The number of hydrogen-bond donors (Lipinski definition) is 1. The van der Waals surface area contributed by atoms with Gasteiger partial charge in [0.15, 0.2) is 0 Å². The molecule has 2 amide bonds. The Labute approximate surface area is 216 Å². The van der Waals surface area contributed by atoms with Crippen LogP contribution >= 0.6 is 0 Å². The Morgan fingerprint density at radius 2 is 1.81 bits per heavy atom. The lowest BCUT2D eigenvalue weighted by Crippen LogP contribution is -2.49. The molecule has 0 radical (unpaired) electrons. The van der Waals surface area contributed by atoms with Crippen molar-refractivity contribution in [2.75, 3.05) is 37.0 Å². The van der Waals surface area contributed by atoms with E-state index in [1.807, 2.05) is 48.2 Å². The number of carbonyl (C=O) groups excluding carboxylic acids is 1. The van der Waals surface area contributed by atoms with Crippen LogP contribution in [0.5, 0.6) is 17.4 Å². The number of aliphatic imine (C=N–C) groups is 1. The van der Waals surface area contributed by atoms with E-state index in [2.05, 4.69) is 31.2 Å². The van der Waals surface area contributed by atoms with Crippen molar-refractivity contribution in [3.63, 3.8) is 0 Å². The van der Waals surface area contributed by atoms with Crippen LogP contribution in [0.3, 0.4) is 0 Å². The van der Waals surface area contributed by atoms with E-state index in [1.165, 1.54) is 5.56 Å². The summed E-state index contributed by atoms with van der Waals surface area (Å²) in [6.07, 6.45) is 4.97. The van der Waals surface area contributed by atoms with Gasteiger partial charge in [-0.05, 0) is 61.6 Å². The number of anilines is 2. The normalized spacial score (nSPS) is 17.5. The highest BCUT2D eigenvalue weighted by Gasteiger charge is 2.30. The first kappa shape index (κ1) is 23.3. The molecule has 9 nitrogen and oxygen atoms in total. The topological polar surface area (TPSA) is 92.2 Å². The van der Waals surface area contributed by atoms with Crippen LogP contribution in [0.15, 0.2) is 53.8 Å². The standard InChI is InChI=1S/C28H30N6O3/c1-18-13-19-3-4-23(15-25(19)31-18)37-27-16-26(29-17-30-27)33-10-8-21(9-11-33)34-12-7-20-14-22(36-2)5-6-24(20)32-28(34)35/h3-6,14-17,21H,7-13H2,1-2H3,(H,32,35). The van der Waals surface area contributed by atoms with E-state index in [1.54, 1.807) is 13.4 Å². The predicted octanol–water partition coefficient (Wildman–Crippen LogP) is 4.99. The quantitative estimate of drug-likeness (QED) is 0.533. The Balaban J connectivity index is 1.09. The zero-order chi connectivity index (χ0) is 25.4. The Morgan fingerprint density at radius 1 is 0.973 bits per heavy atom. The zero-order valence-corrected chi connectivity index (χ0v) is 21.1. The molecule has 0 spiro atoms. The summed E-state index contributed by atoms with van der Waals surface area (Å²) in [5, 5.41) is 3.09. The summed E-state index contributed by atoms with van der Waals surface area (Å²) >= 11 is 0. The number of urea groups is 1. The first-order chi connectivity index (χ1) is 18.1. The van der Waals surface area contributed by atoms with Crippen LogP contribution in [0.1, 0.15) is 30.9 Å².